The number of nitrogens with two attached hydrogens (primary N) is 1. The SMILES string of the molecule is CCCC(NC(=O)C(C)N)c1cccs1. The van der Waals surface area contributed by atoms with Crippen LogP contribution in [0.5, 0.6) is 0 Å². The average Bonchev–Trinajstić information content (AvgIpc) is 2.69. The van der Waals surface area contributed by atoms with E-state index in [1.165, 1.54) is 4.88 Å². The molecule has 2 unspecified atom stereocenters. The zero-order chi connectivity index (χ0) is 11.3. The molecule has 0 aliphatic carbocycles. The van der Waals surface area contributed by atoms with Gasteiger partial charge in [0.1, 0.15) is 0 Å². The van der Waals surface area contributed by atoms with Gasteiger partial charge in [0.05, 0.1) is 12.1 Å². The van der Waals surface area contributed by atoms with Crippen molar-refractivity contribution in [2.45, 2.75) is 38.8 Å². The Bertz CT molecular complexity index is 296. The number of amides is 1. The lowest BCUT2D eigenvalue weighted by molar-refractivity contribution is -0.122. The largest absolute Gasteiger partial charge is 0.347 e. The molecular formula is C11H18N2OS. The Morgan fingerprint density at radius 2 is 2.40 bits per heavy atom. The van der Waals surface area contributed by atoms with Gasteiger partial charge < -0.3 is 11.1 Å². The van der Waals surface area contributed by atoms with Crippen molar-refractivity contribution in [3.05, 3.63) is 22.4 Å². The van der Waals surface area contributed by atoms with Gasteiger partial charge in [0, 0.05) is 4.88 Å². The highest BCUT2D eigenvalue weighted by Gasteiger charge is 2.16. The Balaban J connectivity index is 2.63. The number of nitrogens with one attached hydrogen (secondary N) is 1. The van der Waals surface area contributed by atoms with Crippen LogP contribution in [0, 0.1) is 0 Å². The molecule has 1 heterocycles. The van der Waals surface area contributed by atoms with E-state index in [0.717, 1.165) is 12.8 Å². The van der Waals surface area contributed by atoms with Crippen LogP contribution in [0.4, 0.5) is 0 Å². The monoisotopic (exact) mass is 226 g/mol. The zero-order valence-corrected chi connectivity index (χ0v) is 10.0. The molecular weight excluding hydrogens is 208 g/mol. The number of rotatable bonds is 5. The van der Waals surface area contributed by atoms with Crippen LogP contribution >= 0.6 is 11.3 Å². The molecule has 0 saturated carbocycles. The fourth-order valence-corrected chi connectivity index (χ4v) is 2.18. The van der Waals surface area contributed by atoms with Crippen molar-refractivity contribution in [2.75, 3.05) is 0 Å². The molecule has 0 aliphatic rings. The van der Waals surface area contributed by atoms with Crippen molar-refractivity contribution in [2.24, 2.45) is 5.73 Å². The second-order valence-corrected chi connectivity index (χ2v) is 4.63. The van der Waals surface area contributed by atoms with Gasteiger partial charge in [-0.05, 0) is 24.8 Å². The Hall–Kier alpha value is -0.870. The molecule has 3 N–H and O–H groups in total. The normalized spacial score (nSPS) is 14.6. The van der Waals surface area contributed by atoms with E-state index in [9.17, 15) is 4.79 Å². The van der Waals surface area contributed by atoms with Gasteiger partial charge in [-0.25, -0.2) is 0 Å². The first-order chi connectivity index (χ1) is 7.15. The quantitative estimate of drug-likeness (QED) is 0.807. The molecule has 3 nitrogen and oxygen atoms in total. The Labute approximate surface area is 94.7 Å². The summed E-state index contributed by atoms with van der Waals surface area (Å²) in [4.78, 5) is 12.7. The fourth-order valence-electron chi connectivity index (χ4n) is 1.37. The molecule has 0 aromatic carbocycles. The summed E-state index contributed by atoms with van der Waals surface area (Å²) < 4.78 is 0. The minimum absolute atomic E-state index is 0.0816. The third kappa shape index (κ3) is 3.64. The topological polar surface area (TPSA) is 55.1 Å². The minimum Gasteiger partial charge on any atom is -0.347 e. The van der Waals surface area contributed by atoms with E-state index in [0.29, 0.717) is 0 Å². The average molecular weight is 226 g/mol. The van der Waals surface area contributed by atoms with Gasteiger partial charge in [-0.2, -0.15) is 0 Å². The highest BCUT2D eigenvalue weighted by molar-refractivity contribution is 7.10. The van der Waals surface area contributed by atoms with Crippen molar-refractivity contribution in [3.8, 4) is 0 Å². The summed E-state index contributed by atoms with van der Waals surface area (Å²) in [6, 6.07) is 3.73. The highest BCUT2D eigenvalue weighted by atomic mass is 32.1. The second-order valence-electron chi connectivity index (χ2n) is 3.65. The summed E-state index contributed by atoms with van der Waals surface area (Å²) in [6.45, 7) is 3.81. The summed E-state index contributed by atoms with van der Waals surface area (Å²) >= 11 is 1.67. The molecule has 0 spiro atoms. The van der Waals surface area contributed by atoms with Crippen LogP contribution in [-0.2, 0) is 4.79 Å². The van der Waals surface area contributed by atoms with Crippen LogP contribution in [0.1, 0.15) is 37.6 Å². The number of hydrogen-bond donors (Lipinski definition) is 2. The molecule has 0 radical (unpaired) electrons. The van der Waals surface area contributed by atoms with Crippen LogP contribution in [-0.4, -0.2) is 11.9 Å². The van der Waals surface area contributed by atoms with Gasteiger partial charge in [0.15, 0.2) is 0 Å². The lowest BCUT2D eigenvalue weighted by Gasteiger charge is -2.18. The molecule has 84 valence electrons. The van der Waals surface area contributed by atoms with E-state index in [-0.39, 0.29) is 11.9 Å². The third-order valence-corrected chi connectivity index (χ3v) is 3.18. The third-order valence-electron chi connectivity index (χ3n) is 2.19. The Morgan fingerprint density at radius 1 is 1.67 bits per heavy atom. The Kier molecular flexibility index (Phi) is 4.78. The van der Waals surface area contributed by atoms with E-state index in [1.54, 1.807) is 18.3 Å². The van der Waals surface area contributed by atoms with Crippen molar-refractivity contribution in [1.82, 2.24) is 5.32 Å². The molecule has 0 aliphatic heterocycles. The minimum atomic E-state index is -0.440. The van der Waals surface area contributed by atoms with E-state index in [1.807, 2.05) is 17.5 Å². The first kappa shape index (κ1) is 12.2. The van der Waals surface area contributed by atoms with Crippen LogP contribution in [0.15, 0.2) is 17.5 Å². The van der Waals surface area contributed by atoms with Crippen molar-refractivity contribution in [3.63, 3.8) is 0 Å². The van der Waals surface area contributed by atoms with Crippen LogP contribution in [0.2, 0.25) is 0 Å². The first-order valence-electron chi connectivity index (χ1n) is 5.24. The molecule has 15 heavy (non-hydrogen) atoms. The molecule has 0 fully saturated rings. The van der Waals surface area contributed by atoms with Crippen molar-refractivity contribution >= 4 is 17.2 Å². The molecule has 1 rings (SSSR count). The second kappa shape index (κ2) is 5.88. The van der Waals surface area contributed by atoms with E-state index >= 15 is 0 Å². The van der Waals surface area contributed by atoms with E-state index < -0.39 is 6.04 Å². The van der Waals surface area contributed by atoms with Gasteiger partial charge in [0.2, 0.25) is 5.91 Å². The predicted octanol–water partition coefficient (Wildman–Crippen LogP) is 2.05. The number of carbonyl (C=O) groups excluding carboxylic acids is 1. The van der Waals surface area contributed by atoms with Crippen LogP contribution in [0.25, 0.3) is 0 Å². The molecule has 1 amide bonds. The highest BCUT2D eigenvalue weighted by Crippen LogP contribution is 2.23. The van der Waals surface area contributed by atoms with Gasteiger partial charge in [-0.1, -0.05) is 19.4 Å². The smallest absolute Gasteiger partial charge is 0.237 e. The lowest BCUT2D eigenvalue weighted by atomic mass is 10.1. The molecule has 0 saturated heterocycles. The van der Waals surface area contributed by atoms with Gasteiger partial charge in [-0.15, -0.1) is 11.3 Å². The lowest BCUT2D eigenvalue weighted by Crippen LogP contribution is -2.40. The van der Waals surface area contributed by atoms with Gasteiger partial charge in [0.25, 0.3) is 0 Å². The summed E-state index contributed by atoms with van der Waals surface area (Å²) in [5.41, 5.74) is 5.53. The van der Waals surface area contributed by atoms with Crippen molar-refractivity contribution in [1.29, 1.82) is 0 Å². The molecule has 2 atom stereocenters. The maximum absolute atomic E-state index is 11.5. The molecule has 0 bridgehead atoms. The number of carbonyl (C=O) groups is 1. The molecule has 4 heteroatoms. The number of thiophene rings is 1. The zero-order valence-electron chi connectivity index (χ0n) is 9.19. The summed E-state index contributed by atoms with van der Waals surface area (Å²) in [7, 11) is 0. The summed E-state index contributed by atoms with van der Waals surface area (Å²) in [6.07, 6.45) is 2.00. The molecule has 1 aromatic rings. The predicted molar refractivity (Wildman–Crippen MR) is 63.8 cm³/mol. The van der Waals surface area contributed by atoms with Gasteiger partial charge >= 0.3 is 0 Å². The van der Waals surface area contributed by atoms with E-state index in [4.69, 9.17) is 5.73 Å². The fraction of sp³-hybridized carbons (Fsp3) is 0.545. The maximum Gasteiger partial charge on any atom is 0.237 e. The first-order valence-corrected chi connectivity index (χ1v) is 6.12. The summed E-state index contributed by atoms with van der Waals surface area (Å²) in [5.74, 6) is -0.0816. The summed E-state index contributed by atoms with van der Waals surface area (Å²) in [5, 5.41) is 4.99. The van der Waals surface area contributed by atoms with Gasteiger partial charge in [-0.3, -0.25) is 4.79 Å². The van der Waals surface area contributed by atoms with Crippen molar-refractivity contribution < 1.29 is 4.79 Å². The Morgan fingerprint density at radius 3 is 2.87 bits per heavy atom. The van der Waals surface area contributed by atoms with E-state index in [2.05, 4.69) is 12.2 Å². The standard InChI is InChI=1S/C11H18N2OS/c1-3-5-9(10-6-4-7-15-10)13-11(14)8(2)12/h4,6-9H,3,5,12H2,1-2H3,(H,13,14). The number of hydrogen-bond acceptors (Lipinski definition) is 3. The maximum atomic E-state index is 11.5. The van der Waals surface area contributed by atoms with Crippen LogP contribution < -0.4 is 11.1 Å². The molecule has 1 aromatic heterocycles. The van der Waals surface area contributed by atoms with Crippen LogP contribution in [0.3, 0.4) is 0 Å².